The molecule has 3 N–H and O–H groups in total. The minimum absolute atomic E-state index is 0.0703. The van der Waals surface area contributed by atoms with Gasteiger partial charge in [-0.05, 0) is 24.3 Å². The zero-order chi connectivity index (χ0) is 12.8. The van der Waals surface area contributed by atoms with E-state index >= 15 is 0 Å². The summed E-state index contributed by atoms with van der Waals surface area (Å²) in [5, 5.41) is 9.24. The Balaban J connectivity index is 1.75. The molecule has 0 amide bonds. The quantitative estimate of drug-likeness (QED) is 0.369. The second-order valence-electron chi connectivity index (χ2n) is 3.43. The number of aromatic nitrogens is 1. The lowest BCUT2D eigenvalue weighted by Crippen LogP contribution is -2.10. The molecule has 6 heteroatoms. The molecule has 1 aromatic heterocycles. The van der Waals surface area contributed by atoms with E-state index in [0.717, 1.165) is 15.8 Å². The third kappa shape index (κ3) is 3.75. The molecule has 0 aliphatic rings. The molecule has 0 saturated heterocycles. The SMILES string of the molecule is N=C(N)c1ccc(OCCSc2nccs2)cc1. The number of amidine groups is 1. The van der Waals surface area contributed by atoms with Crippen molar-refractivity contribution in [1.29, 1.82) is 5.41 Å². The van der Waals surface area contributed by atoms with Crippen LogP contribution in [0.25, 0.3) is 0 Å². The molecule has 18 heavy (non-hydrogen) atoms. The maximum atomic E-state index is 7.28. The maximum Gasteiger partial charge on any atom is 0.149 e. The molecule has 0 fully saturated rings. The van der Waals surface area contributed by atoms with Gasteiger partial charge in [0.2, 0.25) is 0 Å². The van der Waals surface area contributed by atoms with Crippen LogP contribution in [0.2, 0.25) is 0 Å². The molecule has 0 aliphatic carbocycles. The Morgan fingerprint density at radius 2 is 2.17 bits per heavy atom. The smallest absolute Gasteiger partial charge is 0.149 e. The van der Waals surface area contributed by atoms with Crippen LogP contribution < -0.4 is 10.5 Å². The third-order valence-electron chi connectivity index (χ3n) is 2.15. The molecular weight excluding hydrogens is 266 g/mol. The van der Waals surface area contributed by atoms with Gasteiger partial charge in [-0.25, -0.2) is 4.98 Å². The number of benzene rings is 1. The highest BCUT2D eigenvalue weighted by atomic mass is 32.2. The van der Waals surface area contributed by atoms with Crippen molar-refractivity contribution in [3.05, 3.63) is 41.4 Å². The summed E-state index contributed by atoms with van der Waals surface area (Å²) in [4.78, 5) is 4.18. The molecule has 2 rings (SSSR count). The van der Waals surface area contributed by atoms with Crippen LogP contribution in [-0.4, -0.2) is 23.2 Å². The number of thiazole rings is 1. The predicted octanol–water partition coefficient (Wildman–Crippen LogP) is 2.60. The van der Waals surface area contributed by atoms with Gasteiger partial charge in [0.1, 0.15) is 15.9 Å². The Kier molecular flexibility index (Phi) is 4.60. The van der Waals surface area contributed by atoms with Gasteiger partial charge in [-0.3, -0.25) is 5.41 Å². The monoisotopic (exact) mass is 279 g/mol. The van der Waals surface area contributed by atoms with Crippen molar-refractivity contribution < 1.29 is 4.74 Å². The summed E-state index contributed by atoms with van der Waals surface area (Å²) in [5.41, 5.74) is 6.08. The van der Waals surface area contributed by atoms with E-state index in [-0.39, 0.29) is 5.84 Å². The maximum absolute atomic E-state index is 7.28. The molecule has 1 aromatic carbocycles. The van der Waals surface area contributed by atoms with Gasteiger partial charge in [0.15, 0.2) is 0 Å². The highest BCUT2D eigenvalue weighted by Gasteiger charge is 1.99. The predicted molar refractivity (Wildman–Crippen MR) is 75.8 cm³/mol. The van der Waals surface area contributed by atoms with E-state index in [1.807, 2.05) is 17.5 Å². The van der Waals surface area contributed by atoms with Crippen LogP contribution >= 0.6 is 23.1 Å². The number of hydrogen-bond donors (Lipinski definition) is 2. The van der Waals surface area contributed by atoms with Crippen molar-refractivity contribution in [2.24, 2.45) is 5.73 Å². The fraction of sp³-hybridized carbons (Fsp3) is 0.167. The average Bonchev–Trinajstić information content (AvgIpc) is 2.88. The summed E-state index contributed by atoms with van der Waals surface area (Å²) >= 11 is 3.32. The largest absolute Gasteiger partial charge is 0.493 e. The average molecular weight is 279 g/mol. The molecule has 0 radical (unpaired) electrons. The summed E-state index contributed by atoms with van der Waals surface area (Å²) in [7, 11) is 0. The number of nitrogen functional groups attached to an aromatic ring is 1. The summed E-state index contributed by atoms with van der Waals surface area (Å²) < 4.78 is 6.64. The Labute approximate surface area is 114 Å². The first kappa shape index (κ1) is 12.9. The van der Waals surface area contributed by atoms with E-state index in [9.17, 15) is 0 Å². The third-order valence-corrected chi connectivity index (χ3v) is 4.08. The Bertz CT molecular complexity index is 497. The highest BCUT2D eigenvalue weighted by molar-refractivity contribution is 8.01. The van der Waals surface area contributed by atoms with E-state index in [4.69, 9.17) is 15.9 Å². The van der Waals surface area contributed by atoms with E-state index in [0.29, 0.717) is 12.2 Å². The minimum Gasteiger partial charge on any atom is -0.493 e. The molecule has 2 aromatic rings. The van der Waals surface area contributed by atoms with Gasteiger partial charge in [-0.15, -0.1) is 11.3 Å². The van der Waals surface area contributed by atoms with Crippen LogP contribution in [0, 0.1) is 5.41 Å². The van der Waals surface area contributed by atoms with Crippen molar-refractivity contribution >= 4 is 28.9 Å². The zero-order valence-corrected chi connectivity index (χ0v) is 11.3. The minimum atomic E-state index is 0.0703. The van der Waals surface area contributed by atoms with Crippen LogP contribution in [0.3, 0.4) is 0 Å². The van der Waals surface area contributed by atoms with Crippen molar-refractivity contribution in [3.63, 3.8) is 0 Å². The first-order valence-corrected chi connectivity index (χ1v) is 7.22. The summed E-state index contributed by atoms with van der Waals surface area (Å²) in [6.07, 6.45) is 1.80. The Hall–Kier alpha value is -1.53. The van der Waals surface area contributed by atoms with Gasteiger partial charge >= 0.3 is 0 Å². The molecule has 4 nitrogen and oxygen atoms in total. The molecule has 0 unspecified atom stereocenters. The molecule has 0 aliphatic heterocycles. The van der Waals surface area contributed by atoms with Gasteiger partial charge in [0.05, 0.1) is 6.61 Å². The lowest BCUT2D eigenvalue weighted by atomic mass is 10.2. The molecule has 1 heterocycles. The zero-order valence-electron chi connectivity index (χ0n) is 9.63. The molecule has 0 spiro atoms. The van der Waals surface area contributed by atoms with Crippen molar-refractivity contribution in [1.82, 2.24) is 4.98 Å². The summed E-state index contributed by atoms with van der Waals surface area (Å²) in [5.74, 6) is 1.72. The number of nitrogens with two attached hydrogens (primary N) is 1. The first-order valence-electron chi connectivity index (χ1n) is 5.35. The normalized spacial score (nSPS) is 10.2. The van der Waals surface area contributed by atoms with Crippen LogP contribution in [0.5, 0.6) is 5.75 Å². The van der Waals surface area contributed by atoms with Crippen LogP contribution in [-0.2, 0) is 0 Å². The molecular formula is C12H13N3OS2. The molecule has 0 saturated carbocycles. The fourth-order valence-corrected chi connectivity index (χ4v) is 2.83. The van der Waals surface area contributed by atoms with Gasteiger partial charge in [0, 0.05) is 22.9 Å². The van der Waals surface area contributed by atoms with Crippen molar-refractivity contribution in [2.75, 3.05) is 12.4 Å². The number of rotatable bonds is 6. The van der Waals surface area contributed by atoms with Crippen molar-refractivity contribution in [3.8, 4) is 5.75 Å². The van der Waals surface area contributed by atoms with Crippen molar-refractivity contribution in [2.45, 2.75) is 4.34 Å². The van der Waals surface area contributed by atoms with E-state index in [2.05, 4.69) is 4.98 Å². The Morgan fingerprint density at radius 1 is 1.39 bits per heavy atom. The summed E-state index contributed by atoms with van der Waals surface area (Å²) in [6, 6.07) is 7.22. The first-order chi connectivity index (χ1) is 8.75. The highest BCUT2D eigenvalue weighted by Crippen LogP contribution is 2.20. The summed E-state index contributed by atoms with van der Waals surface area (Å²) in [6.45, 7) is 0.629. The molecule has 0 atom stereocenters. The van der Waals surface area contributed by atoms with Crippen LogP contribution in [0.1, 0.15) is 5.56 Å². The number of nitrogens with one attached hydrogen (secondary N) is 1. The van der Waals surface area contributed by atoms with Gasteiger partial charge in [0.25, 0.3) is 0 Å². The molecule has 94 valence electrons. The lowest BCUT2D eigenvalue weighted by molar-refractivity contribution is 0.344. The standard InChI is InChI=1S/C12H13N3OS2/c13-11(14)9-1-3-10(4-2-9)16-6-8-18-12-15-5-7-17-12/h1-5,7H,6,8H2,(H3,13,14). The topological polar surface area (TPSA) is 72.0 Å². The number of ether oxygens (including phenoxy) is 1. The van der Waals surface area contributed by atoms with Crippen LogP contribution in [0.4, 0.5) is 0 Å². The van der Waals surface area contributed by atoms with E-state index in [1.165, 1.54) is 0 Å². The van der Waals surface area contributed by atoms with E-state index in [1.54, 1.807) is 41.4 Å². The number of nitrogens with zero attached hydrogens (tertiary/aromatic N) is 1. The van der Waals surface area contributed by atoms with Crippen LogP contribution in [0.15, 0.2) is 40.2 Å². The lowest BCUT2D eigenvalue weighted by Gasteiger charge is -2.05. The second-order valence-corrected chi connectivity index (χ2v) is 5.67. The molecule has 0 bridgehead atoms. The second kappa shape index (κ2) is 6.42. The van der Waals surface area contributed by atoms with Gasteiger partial charge in [-0.2, -0.15) is 0 Å². The van der Waals surface area contributed by atoms with E-state index < -0.39 is 0 Å². The number of thioether (sulfide) groups is 1. The van der Waals surface area contributed by atoms with Gasteiger partial charge in [-0.1, -0.05) is 11.8 Å². The fourth-order valence-electron chi connectivity index (χ4n) is 1.30. The van der Waals surface area contributed by atoms with Gasteiger partial charge < -0.3 is 10.5 Å². The Morgan fingerprint density at radius 3 is 2.78 bits per heavy atom. The number of hydrogen-bond acceptors (Lipinski definition) is 5.